The Labute approximate surface area is 195 Å². The summed E-state index contributed by atoms with van der Waals surface area (Å²) < 4.78 is 0. The van der Waals surface area contributed by atoms with Crippen LogP contribution in [0.15, 0.2) is 90.7 Å². The molecule has 0 saturated carbocycles. The van der Waals surface area contributed by atoms with Gasteiger partial charge in [-0.1, -0.05) is 44.2 Å². The summed E-state index contributed by atoms with van der Waals surface area (Å²) >= 11 is 0. The van der Waals surface area contributed by atoms with E-state index < -0.39 is 0 Å². The summed E-state index contributed by atoms with van der Waals surface area (Å²) in [4.78, 5) is 13.2. The topological polar surface area (TPSA) is 67.9 Å². The van der Waals surface area contributed by atoms with Gasteiger partial charge >= 0.3 is 0 Å². The van der Waals surface area contributed by atoms with Gasteiger partial charge in [-0.05, 0) is 78.6 Å². The highest BCUT2D eigenvalue weighted by atomic mass is 16.1. The van der Waals surface area contributed by atoms with Crippen molar-refractivity contribution in [2.24, 2.45) is 0 Å². The lowest BCUT2D eigenvalue weighted by atomic mass is 9.99. The van der Waals surface area contributed by atoms with E-state index in [0.29, 0.717) is 16.7 Å². The Morgan fingerprint density at radius 3 is 1.94 bits per heavy atom. The lowest BCUT2D eigenvalue weighted by molar-refractivity contribution is 0.112. The first-order chi connectivity index (χ1) is 16.2. The third-order valence-electron chi connectivity index (χ3n) is 5.24. The van der Waals surface area contributed by atoms with Gasteiger partial charge in [-0.15, -0.1) is 0 Å². The largest absolute Gasteiger partial charge is 0.311 e. The second kappa shape index (κ2) is 11.3. The molecule has 3 aromatic rings. The summed E-state index contributed by atoms with van der Waals surface area (Å²) in [6.07, 6.45) is 9.34. The van der Waals surface area contributed by atoms with Gasteiger partial charge in [0.05, 0.1) is 11.1 Å². The number of nitriles is 2. The summed E-state index contributed by atoms with van der Waals surface area (Å²) in [5.74, 6) is 0. The van der Waals surface area contributed by atoms with E-state index in [2.05, 4.69) is 29.2 Å². The highest BCUT2D eigenvalue weighted by Gasteiger charge is 2.15. The minimum absolute atomic E-state index is 0.374. The molecule has 0 aromatic heterocycles. The summed E-state index contributed by atoms with van der Waals surface area (Å²) in [6, 6.07) is 25.0. The maximum atomic E-state index is 11.0. The molecule has 0 N–H and O–H groups in total. The van der Waals surface area contributed by atoms with Crippen LogP contribution in [-0.2, 0) is 0 Å². The molecule has 0 amide bonds. The Morgan fingerprint density at radius 2 is 1.39 bits per heavy atom. The number of allylic oxidation sites excluding steroid dienone is 3. The number of rotatable bonds is 5. The Balaban J connectivity index is 0.00000149. The summed E-state index contributed by atoms with van der Waals surface area (Å²) in [7, 11) is 0. The van der Waals surface area contributed by atoms with E-state index in [9.17, 15) is 10.1 Å². The molecule has 0 heterocycles. The van der Waals surface area contributed by atoms with Crippen LogP contribution in [0.1, 0.15) is 48.2 Å². The molecule has 0 bridgehead atoms. The van der Waals surface area contributed by atoms with Crippen molar-refractivity contribution in [3.63, 3.8) is 0 Å². The normalized spacial score (nSPS) is 11.8. The average Bonchev–Trinajstić information content (AvgIpc) is 2.91. The van der Waals surface area contributed by atoms with Gasteiger partial charge in [0.2, 0.25) is 0 Å². The number of carbonyl (C=O) groups excluding carboxylic acids is 1. The van der Waals surface area contributed by atoms with Crippen molar-refractivity contribution >= 4 is 17.7 Å². The fourth-order valence-electron chi connectivity index (χ4n) is 3.63. The van der Waals surface area contributed by atoms with Crippen LogP contribution in [0.3, 0.4) is 0 Å². The molecule has 0 saturated heterocycles. The van der Waals surface area contributed by atoms with Crippen molar-refractivity contribution in [2.45, 2.75) is 26.7 Å². The van der Waals surface area contributed by atoms with Crippen LogP contribution in [-0.4, -0.2) is 6.29 Å². The molecule has 4 rings (SSSR count). The van der Waals surface area contributed by atoms with Crippen LogP contribution < -0.4 is 4.90 Å². The Hall–Kier alpha value is -4.41. The molecule has 0 fully saturated rings. The van der Waals surface area contributed by atoms with Crippen LogP contribution in [0.2, 0.25) is 0 Å². The van der Waals surface area contributed by atoms with Gasteiger partial charge < -0.3 is 4.90 Å². The van der Waals surface area contributed by atoms with E-state index >= 15 is 0 Å². The van der Waals surface area contributed by atoms with Gasteiger partial charge in [0, 0.05) is 22.6 Å². The minimum atomic E-state index is 0.374. The summed E-state index contributed by atoms with van der Waals surface area (Å²) in [6.45, 7) is 4.00. The third-order valence-corrected chi connectivity index (χ3v) is 5.24. The monoisotopic (exact) mass is 431 g/mol. The minimum Gasteiger partial charge on any atom is -0.311 e. The predicted molar refractivity (Wildman–Crippen MR) is 133 cm³/mol. The molecule has 33 heavy (non-hydrogen) atoms. The van der Waals surface area contributed by atoms with Gasteiger partial charge in [-0.2, -0.15) is 10.5 Å². The number of aldehydes is 1. The molecule has 0 unspecified atom stereocenters. The van der Waals surface area contributed by atoms with E-state index in [-0.39, 0.29) is 0 Å². The van der Waals surface area contributed by atoms with E-state index in [4.69, 9.17) is 5.26 Å². The molecule has 0 atom stereocenters. The SMILES string of the molecule is CC.N#Cc1ccc(-c2ccc(N(C3=CCCC=C3)c3ccc(C=O)cc3)cc2)cc1C#N. The second-order valence-corrected chi connectivity index (χ2v) is 7.18. The van der Waals surface area contributed by atoms with Crippen LogP contribution in [0.5, 0.6) is 0 Å². The Kier molecular flexibility index (Phi) is 7.95. The van der Waals surface area contributed by atoms with Crippen molar-refractivity contribution in [1.82, 2.24) is 0 Å². The van der Waals surface area contributed by atoms with Gasteiger partial charge in [0.1, 0.15) is 18.4 Å². The first-order valence-corrected chi connectivity index (χ1v) is 11.0. The number of carbonyl (C=O) groups is 1. The molecule has 1 aliphatic rings. The lowest BCUT2D eigenvalue weighted by Gasteiger charge is -2.28. The quantitative estimate of drug-likeness (QED) is 0.397. The number of anilines is 2. The first-order valence-electron chi connectivity index (χ1n) is 11.0. The molecule has 0 aliphatic heterocycles. The predicted octanol–water partition coefficient (Wildman–Crippen LogP) is 7.31. The fraction of sp³-hybridized carbons (Fsp3) is 0.138. The molecule has 4 nitrogen and oxygen atoms in total. The molecule has 3 aromatic carbocycles. The number of hydrogen-bond acceptors (Lipinski definition) is 4. The summed E-state index contributed by atoms with van der Waals surface area (Å²) in [5.41, 5.74) is 6.30. The van der Waals surface area contributed by atoms with Gasteiger partial charge in [-0.25, -0.2) is 0 Å². The van der Waals surface area contributed by atoms with Crippen LogP contribution in [0.25, 0.3) is 11.1 Å². The van der Waals surface area contributed by atoms with Crippen molar-refractivity contribution in [3.05, 3.63) is 107 Å². The van der Waals surface area contributed by atoms with Crippen molar-refractivity contribution in [1.29, 1.82) is 10.5 Å². The summed E-state index contributed by atoms with van der Waals surface area (Å²) in [5, 5.41) is 18.4. The van der Waals surface area contributed by atoms with E-state index in [1.165, 1.54) is 0 Å². The van der Waals surface area contributed by atoms with Crippen molar-refractivity contribution in [2.75, 3.05) is 4.90 Å². The smallest absolute Gasteiger partial charge is 0.150 e. The molecular weight excluding hydrogens is 406 g/mol. The van der Waals surface area contributed by atoms with E-state index in [1.54, 1.807) is 12.1 Å². The molecular formula is C29H25N3O. The molecule has 0 radical (unpaired) electrons. The van der Waals surface area contributed by atoms with Crippen molar-refractivity contribution in [3.8, 4) is 23.3 Å². The van der Waals surface area contributed by atoms with Gasteiger partial charge in [0.25, 0.3) is 0 Å². The number of hydrogen-bond donors (Lipinski definition) is 0. The molecule has 1 aliphatic carbocycles. The maximum absolute atomic E-state index is 11.0. The standard InChI is InChI=1S/C27H19N3O.C2H6/c28-17-23-9-8-22(16-24(23)18-29)21-10-14-27(15-11-21)30(25-4-2-1-3-5-25)26-12-6-20(19-31)7-13-26;1-2/h2,4-16,19H,1,3H2;1-2H3. The Bertz CT molecular complexity index is 1250. The van der Waals surface area contributed by atoms with Gasteiger partial charge in [-0.3, -0.25) is 4.79 Å². The molecule has 162 valence electrons. The van der Waals surface area contributed by atoms with Gasteiger partial charge in [0.15, 0.2) is 0 Å². The zero-order valence-electron chi connectivity index (χ0n) is 18.8. The van der Waals surface area contributed by atoms with E-state index in [0.717, 1.165) is 47.3 Å². The van der Waals surface area contributed by atoms with Crippen LogP contribution >= 0.6 is 0 Å². The van der Waals surface area contributed by atoms with Crippen LogP contribution in [0.4, 0.5) is 11.4 Å². The fourth-order valence-corrected chi connectivity index (χ4v) is 3.63. The molecule has 0 spiro atoms. The highest BCUT2D eigenvalue weighted by Crippen LogP contribution is 2.34. The third kappa shape index (κ3) is 5.26. The maximum Gasteiger partial charge on any atom is 0.150 e. The number of nitrogens with zero attached hydrogens (tertiary/aromatic N) is 3. The molecule has 4 heteroatoms. The first kappa shape index (κ1) is 23.3. The lowest BCUT2D eigenvalue weighted by Crippen LogP contribution is -2.16. The van der Waals surface area contributed by atoms with E-state index in [1.807, 2.05) is 74.5 Å². The van der Waals surface area contributed by atoms with Crippen molar-refractivity contribution < 1.29 is 4.79 Å². The number of benzene rings is 3. The average molecular weight is 432 g/mol. The zero-order valence-corrected chi connectivity index (χ0v) is 18.8. The zero-order chi connectivity index (χ0) is 23.6. The van der Waals surface area contributed by atoms with Crippen LogP contribution in [0, 0.1) is 22.7 Å². The Morgan fingerprint density at radius 1 is 0.788 bits per heavy atom. The second-order valence-electron chi connectivity index (χ2n) is 7.18. The highest BCUT2D eigenvalue weighted by molar-refractivity contribution is 5.78.